The first kappa shape index (κ1) is 16.6. The molecule has 5 heteroatoms. The highest BCUT2D eigenvalue weighted by Crippen LogP contribution is 2.11. The van der Waals surface area contributed by atoms with Gasteiger partial charge in [0.05, 0.1) is 6.42 Å². The lowest BCUT2D eigenvalue weighted by molar-refractivity contribution is -0.120. The van der Waals surface area contributed by atoms with Crippen LogP contribution in [0.25, 0.3) is 0 Å². The average molecular weight is 284 g/mol. The molecule has 1 atom stereocenters. The number of carbonyl (C=O) groups excluding carboxylic acids is 1. The van der Waals surface area contributed by atoms with Crippen molar-refractivity contribution in [1.29, 1.82) is 0 Å². The predicted octanol–water partition coefficient (Wildman–Crippen LogP) is 2.39. The van der Waals surface area contributed by atoms with Crippen LogP contribution >= 0.6 is 0 Å². The van der Waals surface area contributed by atoms with E-state index in [1.165, 1.54) is 6.07 Å². The molecule has 1 aromatic rings. The zero-order chi connectivity index (χ0) is 15.0. The summed E-state index contributed by atoms with van der Waals surface area (Å²) in [7, 11) is 0. The first-order valence-electron chi connectivity index (χ1n) is 6.97. The Morgan fingerprint density at radius 1 is 1.35 bits per heavy atom. The third kappa shape index (κ3) is 5.65. The average Bonchev–Trinajstić information content (AvgIpc) is 2.40. The van der Waals surface area contributed by atoms with Crippen molar-refractivity contribution >= 4 is 5.91 Å². The van der Waals surface area contributed by atoms with E-state index in [1.807, 2.05) is 0 Å². The number of carbonyl (C=O) groups is 1. The molecule has 1 aromatic carbocycles. The van der Waals surface area contributed by atoms with Crippen molar-refractivity contribution in [3.63, 3.8) is 0 Å². The number of benzene rings is 1. The van der Waals surface area contributed by atoms with E-state index in [-0.39, 0.29) is 17.9 Å². The number of amides is 1. The van der Waals surface area contributed by atoms with Gasteiger partial charge in [0.2, 0.25) is 5.91 Å². The van der Waals surface area contributed by atoms with Crippen LogP contribution in [0.3, 0.4) is 0 Å². The standard InChI is InChI=1S/C15H22F2N2O/c1-2-3-11(6-7-18)10-19-15(20)8-12-4-5-13(16)9-14(12)17/h4-5,9,11H,2-3,6-8,10,18H2,1H3,(H,19,20). The lowest BCUT2D eigenvalue weighted by Crippen LogP contribution is -2.31. The fourth-order valence-electron chi connectivity index (χ4n) is 2.15. The maximum Gasteiger partial charge on any atom is 0.224 e. The summed E-state index contributed by atoms with van der Waals surface area (Å²) in [5.41, 5.74) is 5.73. The molecule has 0 heterocycles. The van der Waals surface area contributed by atoms with Gasteiger partial charge in [-0.15, -0.1) is 0 Å². The zero-order valence-corrected chi connectivity index (χ0v) is 11.8. The molecule has 1 unspecified atom stereocenters. The molecule has 1 amide bonds. The molecule has 0 saturated heterocycles. The number of nitrogens with two attached hydrogens (primary N) is 1. The topological polar surface area (TPSA) is 55.1 Å². The first-order valence-corrected chi connectivity index (χ1v) is 6.97. The van der Waals surface area contributed by atoms with Gasteiger partial charge >= 0.3 is 0 Å². The van der Waals surface area contributed by atoms with Gasteiger partial charge in [-0.25, -0.2) is 8.78 Å². The number of rotatable bonds is 8. The Kier molecular flexibility index (Phi) is 7.15. The predicted molar refractivity (Wildman–Crippen MR) is 75.1 cm³/mol. The van der Waals surface area contributed by atoms with Crippen LogP contribution in [0.15, 0.2) is 18.2 Å². The molecule has 0 aliphatic heterocycles. The molecule has 0 aromatic heterocycles. The second-order valence-electron chi connectivity index (χ2n) is 4.95. The van der Waals surface area contributed by atoms with Gasteiger partial charge in [-0.3, -0.25) is 4.79 Å². The summed E-state index contributed by atoms with van der Waals surface area (Å²) in [5, 5.41) is 2.79. The number of nitrogens with one attached hydrogen (secondary N) is 1. The summed E-state index contributed by atoms with van der Waals surface area (Å²) in [6, 6.07) is 3.24. The summed E-state index contributed by atoms with van der Waals surface area (Å²) in [4.78, 5) is 11.8. The Morgan fingerprint density at radius 3 is 2.70 bits per heavy atom. The van der Waals surface area contributed by atoms with Crippen LogP contribution in [0.1, 0.15) is 31.7 Å². The Bertz CT molecular complexity index is 432. The maximum atomic E-state index is 13.4. The third-order valence-electron chi connectivity index (χ3n) is 3.23. The van der Waals surface area contributed by atoms with Gasteiger partial charge in [0, 0.05) is 12.6 Å². The van der Waals surface area contributed by atoms with Crippen LogP contribution < -0.4 is 11.1 Å². The highest BCUT2D eigenvalue weighted by atomic mass is 19.1. The van der Waals surface area contributed by atoms with Crippen molar-refractivity contribution in [3.8, 4) is 0 Å². The minimum atomic E-state index is -0.688. The van der Waals surface area contributed by atoms with E-state index in [0.29, 0.717) is 19.0 Å². The van der Waals surface area contributed by atoms with Crippen LogP contribution in [-0.4, -0.2) is 19.0 Å². The molecule has 0 fully saturated rings. The smallest absolute Gasteiger partial charge is 0.224 e. The van der Waals surface area contributed by atoms with Crippen LogP contribution in [0, 0.1) is 17.6 Å². The van der Waals surface area contributed by atoms with Crippen molar-refractivity contribution in [1.82, 2.24) is 5.32 Å². The summed E-state index contributed by atoms with van der Waals surface area (Å²) in [5.74, 6) is -1.23. The summed E-state index contributed by atoms with van der Waals surface area (Å²) in [6.45, 7) is 3.22. The van der Waals surface area contributed by atoms with Gasteiger partial charge in [0.15, 0.2) is 0 Å². The van der Waals surface area contributed by atoms with Crippen LogP contribution in [-0.2, 0) is 11.2 Å². The number of hydrogen-bond acceptors (Lipinski definition) is 2. The van der Waals surface area contributed by atoms with Gasteiger partial charge in [0.25, 0.3) is 0 Å². The second kappa shape index (κ2) is 8.64. The zero-order valence-electron chi connectivity index (χ0n) is 11.8. The Morgan fingerprint density at radius 2 is 2.10 bits per heavy atom. The van der Waals surface area contributed by atoms with Crippen molar-refractivity contribution in [2.75, 3.05) is 13.1 Å². The molecule has 1 rings (SSSR count). The van der Waals surface area contributed by atoms with Crippen LogP contribution in [0.2, 0.25) is 0 Å². The fourth-order valence-corrected chi connectivity index (χ4v) is 2.15. The van der Waals surface area contributed by atoms with Crippen molar-refractivity contribution in [2.24, 2.45) is 11.7 Å². The van der Waals surface area contributed by atoms with E-state index in [0.717, 1.165) is 31.4 Å². The third-order valence-corrected chi connectivity index (χ3v) is 3.23. The molecular weight excluding hydrogens is 262 g/mol. The Labute approximate surface area is 118 Å². The molecule has 20 heavy (non-hydrogen) atoms. The Hall–Kier alpha value is -1.49. The molecular formula is C15H22F2N2O. The maximum absolute atomic E-state index is 13.4. The van der Waals surface area contributed by atoms with E-state index in [9.17, 15) is 13.6 Å². The largest absolute Gasteiger partial charge is 0.356 e. The van der Waals surface area contributed by atoms with Gasteiger partial charge in [0.1, 0.15) is 11.6 Å². The minimum absolute atomic E-state index is 0.0758. The second-order valence-corrected chi connectivity index (χ2v) is 4.95. The highest BCUT2D eigenvalue weighted by molar-refractivity contribution is 5.78. The normalized spacial score (nSPS) is 12.2. The molecule has 0 bridgehead atoms. The van der Waals surface area contributed by atoms with Gasteiger partial charge in [-0.1, -0.05) is 19.4 Å². The van der Waals surface area contributed by atoms with Gasteiger partial charge < -0.3 is 11.1 Å². The lowest BCUT2D eigenvalue weighted by Gasteiger charge is -2.16. The van der Waals surface area contributed by atoms with E-state index in [1.54, 1.807) is 0 Å². The summed E-state index contributed by atoms with van der Waals surface area (Å²) in [6.07, 6.45) is 2.82. The summed E-state index contributed by atoms with van der Waals surface area (Å²) < 4.78 is 26.2. The molecule has 0 radical (unpaired) electrons. The number of hydrogen-bond donors (Lipinski definition) is 2. The van der Waals surface area contributed by atoms with E-state index in [4.69, 9.17) is 5.73 Å². The first-order chi connectivity index (χ1) is 9.56. The fraction of sp³-hybridized carbons (Fsp3) is 0.533. The van der Waals surface area contributed by atoms with Gasteiger partial charge in [-0.05, 0) is 36.9 Å². The lowest BCUT2D eigenvalue weighted by atomic mass is 10.00. The van der Waals surface area contributed by atoms with E-state index < -0.39 is 11.6 Å². The van der Waals surface area contributed by atoms with Crippen molar-refractivity contribution in [2.45, 2.75) is 32.6 Å². The van der Waals surface area contributed by atoms with Crippen LogP contribution in [0.4, 0.5) is 8.78 Å². The van der Waals surface area contributed by atoms with E-state index in [2.05, 4.69) is 12.2 Å². The monoisotopic (exact) mass is 284 g/mol. The van der Waals surface area contributed by atoms with Crippen molar-refractivity contribution < 1.29 is 13.6 Å². The van der Waals surface area contributed by atoms with Gasteiger partial charge in [-0.2, -0.15) is 0 Å². The molecule has 3 N–H and O–H groups in total. The molecule has 3 nitrogen and oxygen atoms in total. The van der Waals surface area contributed by atoms with E-state index >= 15 is 0 Å². The SMILES string of the molecule is CCCC(CCN)CNC(=O)Cc1ccc(F)cc1F. The molecule has 0 saturated carbocycles. The quantitative estimate of drug-likeness (QED) is 0.770. The molecule has 0 aliphatic carbocycles. The number of halogens is 2. The van der Waals surface area contributed by atoms with Crippen molar-refractivity contribution in [3.05, 3.63) is 35.4 Å². The molecule has 112 valence electrons. The Balaban J connectivity index is 2.46. The minimum Gasteiger partial charge on any atom is -0.356 e. The highest BCUT2D eigenvalue weighted by Gasteiger charge is 2.12. The molecule has 0 aliphatic rings. The van der Waals surface area contributed by atoms with Crippen LogP contribution in [0.5, 0.6) is 0 Å². The summed E-state index contributed by atoms with van der Waals surface area (Å²) >= 11 is 0. The molecule has 0 spiro atoms.